The first-order valence-electron chi connectivity index (χ1n) is 11.1. The van der Waals surface area contributed by atoms with Crippen LogP contribution in [0, 0.1) is 0 Å². The van der Waals surface area contributed by atoms with Crippen LogP contribution >= 0.6 is 11.8 Å². The van der Waals surface area contributed by atoms with Crippen LogP contribution in [0.1, 0.15) is 49.1 Å². The van der Waals surface area contributed by atoms with Crippen molar-refractivity contribution in [1.82, 2.24) is 14.8 Å². The maximum atomic E-state index is 13.2. The second-order valence-corrected chi connectivity index (χ2v) is 9.02. The Balaban J connectivity index is 1.47. The van der Waals surface area contributed by atoms with E-state index in [2.05, 4.69) is 15.5 Å². The average Bonchev–Trinajstić information content (AvgIpc) is 3.58. The van der Waals surface area contributed by atoms with Crippen molar-refractivity contribution in [3.05, 3.63) is 65.5 Å². The summed E-state index contributed by atoms with van der Waals surface area (Å²) in [7, 11) is 0. The van der Waals surface area contributed by atoms with Gasteiger partial charge in [-0.05, 0) is 43.0 Å². The zero-order valence-electron chi connectivity index (χ0n) is 18.6. The Labute approximate surface area is 199 Å². The fourth-order valence-corrected chi connectivity index (χ4v) is 4.17. The van der Waals surface area contributed by atoms with Gasteiger partial charge in [0.2, 0.25) is 5.91 Å². The lowest BCUT2D eigenvalue weighted by Gasteiger charge is -2.15. The standard InChI is InChI=1S/C24H25F3N4O2S/c1-2-12-33-20-11-10-18(24(25,26)27)13-19(20)28-21(32)15-34-23-30-29-22(17-8-9-17)31(23)14-16-6-4-3-5-7-16/h3-7,10-11,13,17H,2,8-9,12,14-15H2,1H3,(H,28,32). The number of nitrogens with zero attached hydrogens (tertiary/aromatic N) is 3. The molecule has 34 heavy (non-hydrogen) atoms. The summed E-state index contributed by atoms with van der Waals surface area (Å²) in [5, 5.41) is 11.8. The van der Waals surface area contributed by atoms with Crippen LogP contribution in [0.3, 0.4) is 0 Å². The number of carbonyl (C=O) groups excluding carboxylic acids is 1. The highest BCUT2D eigenvalue weighted by Crippen LogP contribution is 2.40. The van der Waals surface area contributed by atoms with E-state index < -0.39 is 17.6 Å². The number of alkyl halides is 3. The van der Waals surface area contributed by atoms with Gasteiger partial charge in [0.1, 0.15) is 11.6 Å². The lowest BCUT2D eigenvalue weighted by Crippen LogP contribution is -2.17. The number of aromatic nitrogens is 3. The van der Waals surface area contributed by atoms with Crippen LogP contribution in [-0.2, 0) is 17.5 Å². The molecule has 1 N–H and O–H groups in total. The molecule has 0 unspecified atom stereocenters. The zero-order chi connectivity index (χ0) is 24.1. The van der Waals surface area contributed by atoms with Gasteiger partial charge in [0.15, 0.2) is 5.16 Å². The minimum Gasteiger partial charge on any atom is -0.491 e. The molecule has 1 aromatic heterocycles. The molecule has 0 saturated heterocycles. The van der Waals surface area contributed by atoms with Gasteiger partial charge in [-0.3, -0.25) is 4.79 Å². The van der Waals surface area contributed by atoms with Crippen LogP contribution in [0.4, 0.5) is 18.9 Å². The summed E-state index contributed by atoms with van der Waals surface area (Å²) < 4.78 is 47.1. The number of halogens is 3. The van der Waals surface area contributed by atoms with E-state index in [0.29, 0.717) is 30.6 Å². The summed E-state index contributed by atoms with van der Waals surface area (Å²) in [5.41, 5.74) is 0.242. The van der Waals surface area contributed by atoms with Gasteiger partial charge in [0.05, 0.1) is 30.2 Å². The highest BCUT2D eigenvalue weighted by Gasteiger charge is 2.32. The molecule has 0 radical (unpaired) electrons. The van der Waals surface area contributed by atoms with E-state index >= 15 is 0 Å². The Kier molecular flexibility index (Phi) is 7.45. The number of anilines is 1. The van der Waals surface area contributed by atoms with E-state index in [4.69, 9.17) is 4.74 Å². The van der Waals surface area contributed by atoms with Gasteiger partial charge in [0, 0.05) is 5.92 Å². The van der Waals surface area contributed by atoms with Crippen LogP contribution in [0.15, 0.2) is 53.7 Å². The van der Waals surface area contributed by atoms with E-state index in [9.17, 15) is 18.0 Å². The molecule has 4 rings (SSSR count). The van der Waals surface area contributed by atoms with Crippen LogP contribution < -0.4 is 10.1 Å². The minimum absolute atomic E-state index is 0.00158. The SMILES string of the molecule is CCCOc1ccc(C(F)(F)F)cc1NC(=O)CSc1nnc(C2CC2)n1Cc1ccccc1. The predicted octanol–water partition coefficient (Wildman–Crippen LogP) is 5.74. The van der Waals surface area contributed by atoms with E-state index in [1.165, 1.54) is 17.8 Å². The number of rotatable bonds is 10. The van der Waals surface area contributed by atoms with Crippen molar-refractivity contribution in [2.75, 3.05) is 17.7 Å². The molecular formula is C24H25F3N4O2S. The number of hydrogen-bond donors (Lipinski definition) is 1. The average molecular weight is 491 g/mol. The fourth-order valence-electron chi connectivity index (χ4n) is 3.42. The molecule has 1 amide bonds. The highest BCUT2D eigenvalue weighted by molar-refractivity contribution is 7.99. The molecule has 0 spiro atoms. The molecule has 1 aliphatic rings. The molecule has 0 aliphatic heterocycles. The number of carbonyl (C=O) groups is 1. The first-order chi connectivity index (χ1) is 16.3. The van der Waals surface area contributed by atoms with Gasteiger partial charge in [-0.25, -0.2) is 0 Å². The van der Waals surface area contributed by atoms with Gasteiger partial charge in [-0.15, -0.1) is 10.2 Å². The van der Waals surface area contributed by atoms with Crippen molar-refractivity contribution in [1.29, 1.82) is 0 Å². The van der Waals surface area contributed by atoms with Crippen molar-refractivity contribution in [2.45, 2.75) is 50.0 Å². The van der Waals surface area contributed by atoms with Crippen molar-refractivity contribution in [2.24, 2.45) is 0 Å². The first kappa shape index (κ1) is 24.1. The number of benzene rings is 2. The lowest BCUT2D eigenvalue weighted by atomic mass is 10.1. The minimum atomic E-state index is -4.52. The molecule has 1 heterocycles. The van der Waals surface area contributed by atoms with Gasteiger partial charge < -0.3 is 14.6 Å². The van der Waals surface area contributed by atoms with Gasteiger partial charge in [-0.1, -0.05) is 49.0 Å². The Hall–Kier alpha value is -3.01. The molecule has 3 aromatic rings. The molecule has 180 valence electrons. The topological polar surface area (TPSA) is 69.0 Å². The molecule has 6 nitrogen and oxygen atoms in total. The maximum absolute atomic E-state index is 13.2. The fraction of sp³-hybridized carbons (Fsp3) is 0.375. The molecule has 10 heteroatoms. The van der Waals surface area contributed by atoms with Gasteiger partial charge in [0.25, 0.3) is 0 Å². The third-order valence-corrected chi connectivity index (χ3v) is 6.21. The number of nitrogens with one attached hydrogen (secondary N) is 1. The summed E-state index contributed by atoms with van der Waals surface area (Å²) >= 11 is 1.21. The Morgan fingerprint density at radius 3 is 2.62 bits per heavy atom. The van der Waals surface area contributed by atoms with Crippen LogP contribution in [0.5, 0.6) is 5.75 Å². The zero-order valence-corrected chi connectivity index (χ0v) is 19.5. The smallest absolute Gasteiger partial charge is 0.416 e. The predicted molar refractivity (Wildman–Crippen MR) is 124 cm³/mol. The Morgan fingerprint density at radius 2 is 1.94 bits per heavy atom. The monoisotopic (exact) mass is 490 g/mol. The number of ether oxygens (including phenoxy) is 1. The van der Waals surface area contributed by atoms with Crippen molar-refractivity contribution in [3.63, 3.8) is 0 Å². The molecule has 0 atom stereocenters. The van der Waals surface area contributed by atoms with E-state index in [1.54, 1.807) is 0 Å². The third kappa shape index (κ3) is 6.11. The largest absolute Gasteiger partial charge is 0.491 e. The van der Waals surface area contributed by atoms with Gasteiger partial charge >= 0.3 is 6.18 Å². The van der Waals surface area contributed by atoms with Crippen LogP contribution in [0.25, 0.3) is 0 Å². The van der Waals surface area contributed by atoms with Crippen molar-refractivity contribution in [3.8, 4) is 5.75 Å². The molecule has 1 fully saturated rings. The number of thioether (sulfide) groups is 1. The second kappa shape index (κ2) is 10.5. The van der Waals surface area contributed by atoms with Gasteiger partial charge in [-0.2, -0.15) is 13.2 Å². The maximum Gasteiger partial charge on any atom is 0.416 e. The quantitative estimate of drug-likeness (QED) is 0.367. The summed E-state index contributed by atoms with van der Waals surface area (Å²) in [6.07, 6.45) is -1.71. The summed E-state index contributed by atoms with van der Waals surface area (Å²) in [6, 6.07) is 13.0. The third-order valence-electron chi connectivity index (χ3n) is 5.25. The lowest BCUT2D eigenvalue weighted by molar-refractivity contribution is -0.137. The van der Waals surface area contributed by atoms with Crippen LogP contribution in [-0.4, -0.2) is 33.0 Å². The number of amides is 1. The van der Waals surface area contributed by atoms with Crippen LogP contribution in [0.2, 0.25) is 0 Å². The normalized spacial score (nSPS) is 13.6. The van der Waals surface area contributed by atoms with E-state index in [0.717, 1.165) is 36.4 Å². The second-order valence-electron chi connectivity index (χ2n) is 8.08. The van der Waals surface area contributed by atoms with Crippen molar-refractivity contribution < 1.29 is 22.7 Å². The molecule has 2 aromatic carbocycles. The number of hydrogen-bond acceptors (Lipinski definition) is 5. The summed E-state index contributed by atoms with van der Waals surface area (Å²) in [4.78, 5) is 12.7. The van der Waals surface area contributed by atoms with E-state index in [-0.39, 0.29) is 17.2 Å². The summed E-state index contributed by atoms with van der Waals surface area (Å²) in [6.45, 7) is 2.81. The van der Waals surface area contributed by atoms with Crippen molar-refractivity contribution >= 4 is 23.4 Å². The molecule has 1 aliphatic carbocycles. The van der Waals surface area contributed by atoms with E-state index in [1.807, 2.05) is 41.8 Å². The first-order valence-corrected chi connectivity index (χ1v) is 12.1. The molecule has 0 bridgehead atoms. The Bertz CT molecular complexity index is 1130. The molecule has 1 saturated carbocycles. The Morgan fingerprint density at radius 1 is 1.18 bits per heavy atom. The molecular weight excluding hydrogens is 465 g/mol. The highest BCUT2D eigenvalue weighted by atomic mass is 32.2. The summed E-state index contributed by atoms with van der Waals surface area (Å²) in [5.74, 6) is 1.01.